The zero-order chi connectivity index (χ0) is 17.4. The zero-order valence-electron chi connectivity index (χ0n) is 14.4. The van der Waals surface area contributed by atoms with Crippen molar-refractivity contribution < 1.29 is 9.18 Å². The highest BCUT2D eigenvalue weighted by Crippen LogP contribution is 2.03. The van der Waals surface area contributed by atoms with Crippen LogP contribution in [-0.2, 0) is 11.3 Å². The SMILES string of the molecule is CN=C(NCCN1CCN(C(C)=O)CC1)NCc1cccc(F)c1. The van der Waals surface area contributed by atoms with Gasteiger partial charge in [0.1, 0.15) is 5.82 Å². The zero-order valence-corrected chi connectivity index (χ0v) is 14.4. The van der Waals surface area contributed by atoms with Gasteiger partial charge in [-0.25, -0.2) is 4.39 Å². The molecule has 0 unspecified atom stereocenters. The molecular weight excluding hydrogens is 309 g/mol. The highest BCUT2D eigenvalue weighted by atomic mass is 19.1. The minimum atomic E-state index is -0.234. The second kappa shape index (κ2) is 9.22. The van der Waals surface area contributed by atoms with E-state index in [9.17, 15) is 9.18 Å². The number of benzene rings is 1. The molecular formula is C17H26FN5O. The van der Waals surface area contributed by atoms with Gasteiger partial charge in [-0.2, -0.15) is 0 Å². The predicted octanol–water partition coefficient (Wildman–Crippen LogP) is 0.655. The maximum Gasteiger partial charge on any atom is 0.219 e. The first-order valence-corrected chi connectivity index (χ1v) is 8.25. The number of aliphatic imine (C=N–C) groups is 1. The van der Waals surface area contributed by atoms with E-state index < -0.39 is 0 Å². The van der Waals surface area contributed by atoms with Crippen LogP contribution in [0, 0.1) is 5.82 Å². The molecule has 24 heavy (non-hydrogen) atoms. The van der Waals surface area contributed by atoms with Crippen molar-refractivity contribution in [2.24, 2.45) is 4.99 Å². The molecule has 0 radical (unpaired) electrons. The summed E-state index contributed by atoms with van der Waals surface area (Å²) < 4.78 is 13.2. The Balaban J connectivity index is 1.66. The normalized spacial score (nSPS) is 16.1. The van der Waals surface area contributed by atoms with Gasteiger partial charge >= 0.3 is 0 Å². The molecule has 6 nitrogen and oxygen atoms in total. The Morgan fingerprint density at radius 3 is 2.62 bits per heavy atom. The molecule has 132 valence electrons. The first-order valence-electron chi connectivity index (χ1n) is 8.25. The summed E-state index contributed by atoms with van der Waals surface area (Å²) in [6.07, 6.45) is 0. The van der Waals surface area contributed by atoms with Gasteiger partial charge in [-0.3, -0.25) is 14.7 Å². The number of rotatable bonds is 5. The summed E-state index contributed by atoms with van der Waals surface area (Å²) in [5, 5.41) is 6.43. The Hall–Kier alpha value is -2.15. The van der Waals surface area contributed by atoms with E-state index in [1.807, 2.05) is 11.0 Å². The highest BCUT2D eigenvalue weighted by molar-refractivity contribution is 5.79. The number of guanidine groups is 1. The van der Waals surface area contributed by atoms with Crippen molar-refractivity contribution in [3.63, 3.8) is 0 Å². The second-order valence-electron chi connectivity index (χ2n) is 5.83. The van der Waals surface area contributed by atoms with Crippen LogP contribution in [0.5, 0.6) is 0 Å². The summed E-state index contributed by atoms with van der Waals surface area (Å²) in [5.41, 5.74) is 0.873. The molecule has 1 aliphatic heterocycles. The van der Waals surface area contributed by atoms with E-state index in [4.69, 9.17) is 0 Å². The Kier molecular flexibility index (Phi) is 6.99. The molecule has 0 saturated carbocycles. The molecule has 1 saturated heterocycles. The lowest BCUT2D eigenvalue weighted by Crippen LogP contribution is -2.50. The van der Waals surface area contributed by atoms with Crippen molar-refractivity contribution in [3.05, 3.63) is 35.6 Å². The topological polar surface area (TPSA) is 60.0 Å². The summed E-state index contributed by atoms with van der Waals surface area (Å²) in [4.78, 5) is 19.7. The van der Waals surface area contributed by atoms with Gasteiger partial charge in [0.05, 0.1) is 0 Å². The molecule has 1 aromatic rings. The smallest absolute Gasteiger partial charge is 0.219 e. The van der Waals surface area contributed by atoms with Gasteiger partial charge < -0.3 is 15.5 Å². The fraction of sp³-hybridized carbons (Fsp3) is 0.529. The van der Waals surface area contributed by atoms with Crippen LogP contribution in [0.3, 0.4) is 0 Å². The number of nitrogens with one attached hydrogen (secondary N) is 2. The first-order chi connectivity index (χ1) is 11.6. The molecule has 0 aliphatic carbocycles. The molecule has 7 heteroatoms. The van der Waals surface area contributed by atoms with Gasteiger partial charge in [-0.1, -0.05) is 12.1 Å². The molecule has 1 heterocycles. The van der Waals surface area contributed by atoms with Crippen molar-refractivity contribution in [2.75, 3.05) is 46.3 Å². The van der Waals surface area contributed by atoms with Crippen LogP contribution in [0.15, 0.2) is 29.3 Å². The Bertz CT molecular complexity index is 570. The fourth-order valence-electron chi connectivity index (χ4n) is 2.67. The van der Waals surface area contributed by atoms with Crippen molar-refractivity contribution >= 4 is 11.9 Å². The molecule has 0 atom stereocenters. The van der Waals surface area contributed by atoms with Crippen LogP contribution in [-0.4, -0.2) is 68.0 Å². The minimum Gasteiger partial charge on any atom is -0.355 e. The van der Waals surface area contributed by atoms with E-state index in [0.29, 0.717) is 12.5 Å². The van der Waals surface area contributed by atoms with Gasteiger partial charge in [0, 0.05) is 59.8 Å². The standard InChI is InChI=1S/C17H26FN5O/c1-14(24)23-10-8-22(9-11-23)7-6-20-17(19-2)21-13-15-4-3-5-16(18)12-15/h3-5,12H,6-11,13H2,1-2H3,(H2,19,20,21). The van der Waals surface area contributed by atoms with E-state index in [1.165, 1.54) is 12.1 Å². The van der Waals surface area contributed by atoms with E-state index >= 15 is 0 Å². The third kappa shape index (κ3) is 5.81. The Morgan fingerprint density at radius 1 is 1.25 bits per heavy atom. The molecule has 2 N–H and O–H groups in total. The summed E-state index contributed by atoms with van der Waals surface area (Å²) in [5.74, 6) is 0.610. The number of piperazine rings is 1. The van der Waals surface area contributed by atoms with Gasteiger partial charge in [0.15, 0.2) is 5.96 Å². The molecule has 1 aromatic carbocycles. The molecule has 0 bridgehead atoms. The third-order valence-corrected chi connectivity index (χ3v) is 4.11. The van der Waals surface area contributed by atoms with Crippen LogP contribution in [0.1, 0.15) is 12.5 Å². The molecule has 0 spiro atoms. The maximum atomic E-state index is 13.2. The highest BCUT2D eigenvalue weighted by Gasteiger charge is 2.17. The maximum absolute atomic E-state index is 13.2. The number of carbonyl (C=O) groups excluding carboxylic acids is 1. The molecule has 2 rings (SSSR count). The number of hydrogen-bond donors (Lipinski definition) is 2. The number of carbonyl (C=O) groups is 1. The van der Waals surface area contributed by atoms with Crippen molar-refractivity contribution in [1.29, 1.82) is 0 Å². The van der Waals surface area contributed by atoms with Crippen molar-refractivity contribution in [1.82, 2.24) is 20.4 Å². The van der Waals surface area contributed by atoms with E-state index in [2.05, 4.69) is 20.5 Å². The average molecular weight is 335 g/mol. The minimum absolute atomic E-state index is 0.148. The van der Waals surface area contributed by atoms with Gasteiger partial charge in [-0.05, 0) is 17.7 Å². The third-order valence-electron chi connectivity index (χ3n) is 4.11. The number of hydrogen-bond acceptors (Lipinski definition) is 3. The van der Waals surface area contributed by atoms with E-state index in [-0.39, 0.29) is 11.7 Å². The lowest BCUT2D eigenvalue weighted by Gasteiger charge is -2.34. The second-order valence-corrected chi connectivity index (χ2v) is 5.83. The van der Waals surface area contributed by atoms with Crippen LogP contribution in [0.25, 0.3) is 0 Å². The summed E-state index contributed by atoms with van der Waals surface area (Å²) in [6.45, 7) is 7.19. The fourth-order valence-corrected chi connectivity index (χ4v) is 2.67. The number of amides is 1. The van der Waals surface area contributed by atoms with Crippen molar-refractivity contribution in [2.45, 2.75) is 13.5 Å². The van der Waals surface area contributed by atoms with Crippen LogP contribution >= 0.6 is 0 Å². The quantitative estimate of drug-likeness (QED) is 0.613. The van der Waals surface area contributed by atoms with Crippen molar-refractivity contribution in [3.8, 4) is 0 Å². The number of nitrogens with zero attached hydrogens (tertiary/aromatic N) is 3. The molecule has 1 aliphatic rings. The van der Waals surface area contributed by atoms with Gasteiger partial charge in [-0.15, -0.1) is 0 Å². The van der Waals surface area contributed by atoms with E-state index in [1.54, 1.807) is 20.0 Å². The predicted molar refractivity (Wildman–Crippen MR) is 93.3 cm³/mol. The Labute approximate surface area is 142 Å². The number of halogens is 1. The monoisotopic (exact) mass is 335 g/mol. The Morgan fingerprint density at radius 2 is 2.00 bits per heavy atom. The first kappa shape index (κ1) is 18.2. The van der Waals surface area contributed by atoms with Crippen LogP contribution < -0.4 is 10.6 Å². The average Bonchev–Trinajstić information content (AvgIpc) is 2.58. The van der Waals surface area contributed by atoms with Gasteiger partial charge in [0.2, 0.25) is 5.91 Å². The summed E-state index contributed by atoms with van der Waals surface area (Å²) >= 11 is 0. The summed E-state index contributed by atoms with van der Waals surface area (Å²) in [6, 6.07) is 6.51. The summed E-state index contributed by atoms with van der Waals surface area (Å²) in [7, 11) is 1.71. The van der Waals surface area contributed by atoms with Crippen LogP contribution in [0.4, 0.5) is 4.39 Å². The lowest BCUT2D eigenvalue weighted by atomic mass is 10.2. The van der Waals surface area contributed by atoms with Crippen LogP contribution in [0.2, 0.25) is 0 Å². The van der Waals surface area contributed by atoms with E-state index in [0.717, 1.165) is 44.8 Å². The van der Waals surface area contributed by atoms with Gasteiger partial charge in [0.25, 0.3) is 0 Å². The lowest BCUT2D eigenvalue weighted by molar-refractivity contribution is -0.130. The molecule has 1 fully saturated rings. The molecule has 1 amide bonds. The largest absolute Gasteiger partial charge is 0.355 e. The molecule has 0 aromatic heterocycles.